The summed E-state index contributed by atoms with van der Waals surface area (Å²) in [4.78, 5) is 13.5. The molecule has 1 amide bonds. The van der Waals surface area contributed by atoms with E-state index in [9.17, 15) is 4.79 Å². The average molecular weight is 266 g/mol. The van der Waals surface area contributed by atoms with E-state index in [1.165, 1.54) is 0 Å². The molecule has 106 valence electrons. The van der Waals surface area contributed by atoms with Gasteiger partial charge in [-0.3, -0.25) is 4.79 Å². The van der Waals surface area contributed by atoms with E-state index >= 15 is 0 Å². The quantitative estimate of drug-likeness (QED) is 0.807. The van der Waals surface area contributed by atoms with Gasteiger partial charge in [0.2, 0.25) is 0 Å². The van der Waals surface area contributed by atoms with Crippen LogP contribution in [-0.2, 0) is 4.79 Å². The lowest BCUT2D eigenvalue weighted by Crippen LogP contribution is -2.42. The van der Waals surface area contributed by atoms with E-state index < -0.39 is 0 Å². The summed E-state index contributed by atoms with van der Waals surface area (Å²) in [7, 11) is 1.72. The van der Waals surface area contributed by atoms with Crippen LogP contribution in [0.3, 0.4) is 0 Å². The first-order valence-electron chi connectivity index (χ1n) is 6.40. The maximum absolute atomic E-state index is 11.9. The second-order valence-electron chi connectivity index (χ2n) is 4.26. The molecule has 0 aliphatic heterocycles. The van der Waals surface area contributed by atoms with Crippen LogP contribution in [0.25, 0.3) is 0 Å². The molecule has 1 aromatic rings. The van der Waals surface area contributed by atoms with Gasteiger partial charge in [-0.2, -0.15) is 0 Å². The second-order valence-corrected chi connectivity index (χ2v) is 4.26. The molecular weight excluding hydrogens is 244 g/mol. The van der Waals surface area contributed by atoms with Gasteiger partial charge >= 0.3 is 0 Å². The summed E-state index contributed by atoms with van der Waals surface area (Å²) in [5.41, 5.74) is 5.53. The fourth-order valence-corrected chi connectivity index (χ4v) is 1.49. The highest BCUT2D eigenvalue weighted by Crippen LogP contribution is 2.26. The molecule has 5 nitrogen and oxygen atoms in total. The van der Waals surface area contributed by atoms with Gasteiger partial charge in [-0.25, -0.2) is 0 Å². The first-order chi connectivity index (χ1) is 9.10. The van der Waals surface area contributed by atoms with Gasteiger partial charge in [-0.05, 0) is 26.0 Å². The Balaban J connectivity index is 2.59. The number of benzene rings is 1. The van der Waals surface area contributed by atoms with Crippen LogP contribution in [0.5, 0.6) is 11.5 Å². The zero-order valence-electron chi connectivity index (χ0n) is 11.8. The van der Waals surface area contributed by atoms with Gasteiger partial charge in [0.05, 0.1) is 6.61 Å². The van der Waals surface area contributed by atoms with Crippen LogP contribution in [0, 0.1) is 0 Å². The fraction of sp³-hybridized carbons (Fsp3) is 0.500. The van der Waals surface area contributed by atoms with E-state index in [0.29, 0.717) is 24.7 Å². The van der Waals surface area contributed by atoms with Crippen molar-refractivity contribution in [3.8, 4) is 11.5 Å². The number of carbonyl (C=O) groups is 1. The minimum absolute atomic E-state index is 0.00163. The van der Waals surface area contributed by atoms with Gasteiger partial charge in [-0.15, -0.1) is 0 Å². The van der Waals surface area contributed by atoms with Crippen LogP contribution in [0.1, 0.15) is 13.8 Å². The highest BCUT2D eigenvalue weighted by Gasteiger charge is 2.15. The number of carbonyl (C=O) groups excluding carboxylic acids is 1. The molecule has 19 heavy (non-hydrogen) atoms. The minimum atomic E-state index is -0.107. The maximum atomic E-state index is 11.9. The standard InChI is InChI=1S/C14H22N2O3/c1-4-18-12-7-5-6-8-13(12)19-10-14(17)16(3)11(2)9-15/h5-8,11H,4,9-10,15H2,1-3H3. The van der Waals surface area contributed by atoms with Gasteiger partial charge in [0.1, 0.15) is 0 Å². The third-order valence-corrected chi connectivity index (χ3v) is 2.90. The SMILES string of the molecule is CCOc1ccccc1OCC(=O)N(C)C(C)CN. The Morgan fingerprint density at radius 1 is 1.32 bits per heavy atom. The number of likely N-dealkylation sites (N-methyl/N-ethyl adjacent to an activating group) is 1. The highest BCUT2D eigenvalue weighted by atomic mass is 16.5. The van der Waals surface area contributed by atoms with Gasteiger partial charge < -0.3 is 20.1 Å². The molecule has 0 fully saturated rings. The lowest BCUT2D eigenvalue weighted by molar-refractivity contribution is -0.133. The molecule has 0 spiro atoms. The molecule has 0 aliphatic rings. The summed E-state index contributed by atoms with van der Waals surface area (Å²) >= 11 is 0. The Bertz CT molecular complexity index is 409. The predicted molar refractivity (Wildman–Crippen MR) is 74.4 cm³/mol. The molecule has 2 N–H and O–H groups in total. The monoisotopic (exact) mass is 266 g/mol. The molecule has 0 radical (unpaired) electrons. The van der Waals surface area contributed by atoms with Crippen LogP contribution in [0.15, 0.2) is 24.3 Å². The Hall–Kier alpha value is -1.75. The number of hydrogen-bond donors (Lipinski definition) is 1. The van der Waals surface area contributed by atoms with Gasteiger partial charge in [0, 0.05) is 19.6 Å². The first kappa shape index (κ1) is 15.3. The van der Waals surface area contributed by atoms with Crippen LogP contribution in [-0.4, -0.2) is 43.7 Å². The predicted octanol–water partition coefficient (Wildman–Crippen LogP) is 1.27. The van der Waals surface area contributed by atoms with E-state index in [1.54, 1.807) is 18.0 Å². The number of rotatable bonds is 7. The summed E-state index contributed by atoms with van der Waals surface area (Å²) < 4.78 is 10.9. The Kier molecular flexibility index (Phi) is 6.15. The van der Waals surface area contributed by atoms with Crippen molar-refractivity contribution in [3.63, 3.8) is 0 Å². The number of nitrogens with zero attached hydrogens (tertiary/aromatic N) is 1. The number of hydrogen-bond acceptors (Lipinski definition) is 4. The molecule has 0 aromatic heterocycles. The van der Waals surface area contributed by atoms with Crippen molar-refractivity contribution in [2.45, 2.75) is 19.9 Å². The van der Waals surface area contributed by atoms with Crippen molar-refractivity contribution in [1.82, 2.24) is 4.90 Å². The molecule has 0 bridgehead atoms. The van der Waals surface area contributed by atoms with Crippen molar-refractivity contribution >= 4 is 5.91 Å². The molecule has 1 rings (SSSR count). The van der Waals surface area contributed by atoms with Crippen molar-refractivity contribution in [2.75, 3.05) is 26.8 Å². The zero-order valence-corrected chi connectivity index (χ0v) is 11.8. The summed E-state index contributed by atoms with van der Waals surface area (Å²) in [6.07, 6.45) is 0. The van der Waals surface area contributed by atoms with E-state index in [0.717, 1.165) is 0 Å². The third kappa shape index (κ3) is 4.44. The number of amides is 1. The summed E-state index contributed by atoms with van der Waals surface area (Å²) in [5, 5.41) is 0. The maximum Gasteiger partial charge on any atom is 0.260 e. The Morgan fingerprint density at radius 3 is 2.42 bits per heavy atom. The van der Waals surface area contributed by atoms with Crippen molar-refractivity contribution in [2.24, 2.45) is 5.73 Å². The van der Waals surface area contributed by atoms with E-state index in [1.807, 2.05) is 32.0 Å². The van der Waals surface area contributed by atoms with Crippen LogP contribution in [0.2, 0.25) is 0 Å². The third-order valence-electron chi connectivity index (χ3n) is 2.90. The number of para-hydroxylation sites is 2. The van der Waals surface area contributed by atoms with E-state index in [4.69, 9.17) is 15.2 Å². The van der Waals surface area contributed by atoms with Gasteiger partial charge in [-0.1, -0.05) is 12.1 Å². The van der Waals surface area contributed by atoms with Gasteiger partial charge in [0.15, 0.2) is 18.1 Å². The molecular formula is C14H22N2O3. The first-order valence-corrected chi connectivity index (χ1v) is 6.40. The molecule has 5 heteroatoms. The molecule has 0 heterocycles. The van der Waals surface area contributed by atoms with Gasteiger partial charge in [0.25, 0.3) is 5.91 Å². The van der Waals surface area contributed by atoms with Crippen molar-refractivity contribution in [1.29, 1.82) is 0 Å². The fourth-order valence-electron chi connectivity index (χ4n) is 1.49. The molecule has 0 aliphatic carbocycles. The molecule has 1 atom stereocenters. The Labute approximate surface area is 114 Å². The molecule has 0 saturated carbocycles. The van der Waals surface area contributed by atoms with Crippen molar-refractivity contribution in [3.05, 3.63) is 24.3 Å². The summed E-state index contributed by atoms with van der Waals surface area (Å²) in [5.74, 6) is 1.11. The summed E-state index contributed by atoms with van der Waals surface area (Å²) in [6.45, 7) is 4.76. The smallest absolute Gasteiger partial charge is 0.260 e. The average Bonchev–Trinajstić information content (AvgIpc) is 2.44. The normalized spacial score (nSPS) is 11.8. The minimum Gasteiger partial charge on any atom is -0.490 e. The largest absolute Gasteiger partial charge is 0.490 e. The molecule has 1 unspecified atom stereocenters. The number of ether oxygens (including phenoxy) is 2. The van der Waals surface area contributed by atoms with E-state index in [-0.39, 0.29) is 18.6 Å². The van der Waals surface area contributed by atoms with Crippen LogP contribution >= 0.6 is 0 Å². The lowest BCUT2D eigenvalue weighted by atomic mass is 10.3. The zero-order chi connectivity index (χ0) is 14.3. The van der Waals surface area contributed by atoms with Crippen LogP contribution < -0.4 is 15.2 Å². The summed E-state index contributed by atoms with van der Waals surface area (Å²) in [6, 6.07) is 7.30. The topological polar surface area (TPSA) is 64.8 Å². The highest BCUT2D eigenvalue weighted by molar-refractivity contribution is 5.77. The molecule has 0 saturated heterocycles. The van der Waals surface area contributed by atoms with Crippen LogP contribution in [0.4, 0.5) is 0 Å². The number of nitrogens with two attached hydrogens (primary N) is 1. The Morgan fingerprint density at radius 2 is 1.89 bits per heavy atom. The second kappa shape index (κ2) is 7.63. The lowest BCUT2D eigenvalue weighted by Gasteiger charge is -2.23. The van der Waals surface area contributed by atoms with E-state index in [2.05, 4.69) is 0 Å². The molecule has 1 aromatic carbocycles. The van der Waals surface area contributed by atoms with Crippen molar-refractivity contribution < 1.29 is 14.3 Å².